The monoisotopic (exact) mass is 414 g/mol. The molecule has 0 aliphatic rings. The minimum atomic E-state index is -0.673. The van der Waals surface area contributed by atoms with E-state index in [1.54, 1.807) is 17.8 Å². The largest absolute Gasteiger partial charge is 0.508 e. The minimum absolute atomic E-state index is 0.202. The molecule has 3 N–H and O–H groups in total. The molecule has 0 saturated carbocycles. The molecule has 0 aliphatic heterocycles. The van der Waals surface area contributed by atoms with Gasteiger partial charge in [-0.1, -0.05) is 12.1 Å². The maximum absolute atomic E-state index is 9.97. The van der Waals surface area contributed by atoms with Crippen LogP contribution in [0.5, 0.6) is 5.75 Å². The number of rotatable bonds is 9. The Hall–Kier alpha value is -1.99. The Morgan fingerprint density at radius 3 is 2.52 bits per heavy atom. The number of fused-ring (bicyclic) bond motifs is 1. The number of ether oxygens (including phenoxy) is 1. The molecule has 0 aliphatic carbocycles. The molecule has 1 unspecified atom stereocenters. The predicted molar refractivity (Wildman–Crippen MR) is 121 cm³/mol. The molecule has 0 spiro atoms. The van der Waals surface area contributed by atoms with Gasteiger partial charge in [0.25, 0.3) is 0 Å². The van der Waals surface area contributed by atoms with Crippen LogP contribution in [0.1, 0.15) is 19.4 Å². The summed E-state index contributed by atoms with van der Waals surface area (Å²) in [6.45, 7) is 7.45. The molecule has 0 saturated heterocycles. The molecule has 1 heterocycles. The van der Waals surface area contributed by atoms with Crippen molar-refractivity contribution in [1.29, 1.82) is 0 Å². The average molecular weight is 415 g/mol. The molecule has 156 valence electrons. The summed E-state index contributed by atoms with van der Waals surface area (Å²) in [5.74, 6) is 0.265. The van der Waals surface area contributed by atoms with E-state index < -0.39 is 6.23 Å². The van der Waals surface area contributed by atoms with Crippen LogP contribution in [0, 0.1) is 6.92 Å². The van der Waals surface area contributed by atoms with E-state index in [2.05, 4.69) is 47.3 Å². The number of aliphatic hydroxyl groups is 1. The van der Waals surface area contributed by atoms with Crippen LogP contribution in [-0.2, 0) is 11.3 Å². The number of aromatic nitrogens is 1. The Labute approximate surface area is 176 Å². The number of nitrogens with zero attached hydrogens (tertiary/aromatic N) is 1. The van der Waals surface area contributed by atoms with Crippen molar-refractivity contribution in [2.24, 2.45) is 0 Å². The van der Waals surface area contributed by atoms with Crippen molar-refractivity contribution in [3.63, 3.8) is 0 Å². The first kappa shape index (κ1) is 21.7. The first-order valence-electron chi connectivity index (χ1n) is 9.88. The van der Waals surface area contributed by atoms with E-state index in [0.29, 0.717) is 13.2 Å². The standard InChI is InChI=1S/C23H30N2O3S/c1-15(2)24-22(27)14-28-12-11-25-21-10-7-18(26)13-20(21)16(3)23(25)17-5-8-19(29-4)9-6-17/h5-10,13,15,22,24,26-27H,11-12,14H2,1-4H3. The number of hydrogen-bond donors (Lipinski definition) is 3. The minimum Gasteiger partial charge on any atom is -0.508 e. The third-order valence-corrected chi connectivity index (χ3v) is 5.67. The zero-order valence-corrected chi connectivity index (χ0v) is 18.3. The number of aromatic hydroxyl groups is 1. The van der Waals surface area contributed by atoms with Gasteiger partial charge in [-0.15, -0.1) is 11.8 Å². The maximum Gasteiger partial charge on any atom is 0.128 e. The lowest BCUT2D eigenvalue weighted by Crippen LogP contribution is -2.38. The second-order valence-corrected chi connectivity index (χ2v) is 8.35. The van der Waals surface area contributed by atoms with Crippen molar-refractivity contribution in [2.75, 3.05) is 19.5 Å². The molecule has 0 amide bonds. The SMILES string of the molecule is CSc1ccc(-c2c(C)c3cc(O)ccc3n2CCOCC(O)NC(C)C)cc1. The van der Waals surface area contributed by atoms with Gasteiger partial charge >= 0.3 is 0 Å². The summed E-state index contributed by atoms with van der Waals surface area (Å²) in [5.41, 5.74) is 4.46. The van der Waals surface area contributed by atoms with Crippen molar-refractivity contribution in [3.8, 4) is 17.0 Å². The Balaban J connectivity index is 1.88. The molecular weight excluding hydrogens is 384 g/mol. The van der Waals surface area contributed by atoms with Gasteiger partial charge in [0.2, 0.25) is 0 Å². The molecule has 0 radical (unpaired) electrons. The lowest BCUT2D eigenvalue weighted by atomic mass is 10.1. The van der Waals surface area contributed by atoms with Crippen LogP contribution in [0.15, 0.2) is 47.4 Å². The Morgan fingerprint density at radius 2 is 1.86 bits per heavy atom. The summed E-state index contributed by atoms with van der Waals surface area (Å²) in [6.07, 6.45) is 1.40. The van der Waals surface area contributed by atoms with E-state index >= 15 is 0 Å². The van der Waals surface area contributed by atoms with Crippen molar-refractivity contribution in [1.82, 2.24) is 9.88 Å². The summed E-state index contributed by atoms with van der Waals surface area (Å²) in [5, 5.41) is 24.0. The molecule has 1 atom stereocenters. The van der Waals surface area contributed by atoms with Crippen LogP contribution >= 0.6 is 11.8 Å². The number of hydrogen-bond acceptors (Lipinski definition) is 5. The number of aliphatic hydroxyl groups excluding tert-OH is 1. The zero-order valence-electron chi connectivity index (χ0n) is 17.5. The predicted octanol–water partition coefficient (Wildman–Crippen LogP) is 4.38. The second-order valence-electron chi connectivity index (χ2n) is 7.47. The number of nitrogens with one attached hydrogen (secondary N) is 1. The van der Waals surface area contributed by atoms with E-state index in [1.165, 1.54) is 4.90 Å². The fraction of sp³-hybridized carbons (Fsp3) is 0.391. The average Bonchev–Trinajstić information content (AvgIpc) is 2.96. The summed E-state index contributed by atoms with van der Waals surface area (Å²) in [6, 6.07) is 14.2. The summed E-state index contributed by atoms with van der Waals surface area (Å²) >= 11 is 1.72. The molecule has 29 heavy (non-hydrogen) atoms. The number of thioether (sulfide) groups is 1. The number of phenolic OH excluding ortho intramolecular Hbond substituents is 1. The van der Waals surface area contributed by atoms with E-state index in [9.17, 15) is 10.2 Å². The van der Waals surface area contributed by atoms with Gasteiger partial charge in [-0.05, 0) is 68.5 Å². The van der Waals surface area contributed by atoms with Gasteiger partial charge in [-0.2, -0.15) is 0 Å². The van der Waals surface area contributed by atoms with Crippen LogP contribution in [0.2, 0.25) is 0 Å². The normalized spacial score (nSPS) is 12.8. The third-order valence-electron chi connectivity index (χ3n) is 4.92. The highest BCUT2D eigenvalue weighted by Gasteiger charge is 2.16. The second kappa shape index (κ2) is 9.67. The Morgan fingerprint density at radius 1 is 1.14 bits per heavy atom. The maximum atomic E-state index is 9.97. The first-order valence-corrected chi connectivity index (χ1v) is 11.1. The smallest absolute Gasteiger partial charge is 0.128 e. The number of benzene rings is 2. The molecule has 2 aromatic carbocycles. The number of aryl methyl sites for hydroxylation is 1. The van der Waals surface area contributed by atoms with E-state index in [1.807, 2.05) is 26.0 Å². The summed E-state index contributed by atoms with van der Waals surface area (Å²) < 4.78 is 7.96. The van der Waals surface area contributed by atoms with E-state index in [0.717, 1.165) is 27.7 Å². The van der Waals surface area contributed by atoms with Crippen molar-refractivity contribution in [3.05, 3.63) is 48.0 Å². The molecule has 3 aromatic rings. The molecule has 0 bridgehead atoms. The molecule has 6 heteroatoms. The summed E-state index contributed by atoms with van der Waals surface area (Å²) in [7, 11) is 0. The van der Waals surface area contributed by atoms with Gasteiger partial charge in [-0.3, -0.25) is 5.32 Å². The van der Waals surface area contributed by atoms with Crippen LogP contribution in [0.3, 0.4) is 0 Å². The van der Waals surface area contributed by atoms with Gasteiger partial charge in [0.1, 0.15) is 12.0 Å². The topological polar surface area (TPSA) is 66.7 Å². The molecule has 0 fully saturated rings. The first-order chi connectivity index (χ1) is 13.9. The van der Waals surface area contributed by atoms with Gasteiger partial charge in [-0.25, -0.2) is 0 Å². The van der Waals surface area contributed by atoms with Crippen LogP contribution in [0.25, 0.3) is 22.2 Å². The fourth-order valence-electron chi connectivity index (χ4n) is 3.65. The van der Waals surface area contributed by atoms with Gasteiger partial charge in [0.05, 0.1) is 18.9 Å². The van der Waals surface area contributed by atoms with Crippen LogP contribution < -0.4 is 5.32 Å². The zero-order chi connectivity index (χ0) is 21.0. The lowest BCUT2D eigenvalue weighted by Gasteiger charge is -2.17. The summed E-state index contributed by atoms with van der Waals surface area (Å²) in [4.78, 5) is 1.22. The van der Waals surface area contributed by atoms with Gasteiger partial charge in [0, 0.05) is 28.4 Å². The van der Waals surface area contributed by atoms with E-state index in [-0.39, 0.29) is 18.4 Å². The highest BCUT2D eigenvalue weighted by Crippen LogP contribution is 2.35. The van der Waals surface area contributed by atoms with Crippen molar-refractivity contribution < 1.29 is 14.9 Å². The fourth-order valence-corrected chi connectivity index (χ4v) is 4.06. The number of phenols is 1. The highest BCUT2D eigenvalue weighted by molar-refractivity contribution is 7.98. The van der Waals surface area contributed by atoms with Crippen LogP contribution in [0.4, 0.5) is 0 Å². The quantitative estimate of drug-likeness (QED) is 0.275. The van der Waals surface area contributed by atoms with Gasteiger partial charge in [0.15, 0.2) is 0 Å². The molecule has 3 rings (SSSR count). The van der Waals surface area contributed by atoms with E-state index in [4.69, 9.17) is 4.74 Å². The molecule has 1 aromatic heterocycles. The van der Waals surface area contributed by atoms with Crippen molar-refractivity contribution >= 4 is 22.7 Å². The molecule has 5 nitrogen and oxygen atoms in total. The van der Waals surface area contributed by atoms with Crippen molar-refractivity contribution in [2.45, 2.75) is 44.5 Å². The Bertz CT molecular complexity index is 951. The Kier molecular flexibility index (Phi) is 7.24. The lowest BCUT2D eigenvalue weighted by molar-refractivity contribution is 0.0123. The van der Waals surface area contributed by atoms with Crippen LogP contribution in [-0.4, -0.2) is 46.5 Å². The third kappa shape index (κ3) is 5.14. The highest BCUT2D eigenvalue weighted by atomic mass is 32.2. The van der Waals surface area contributed by atoms with Gasteiger partial charge < -0.3 is 19.5 Å². The molecular formula is C23H30N2O3S.